The lowest BCUT2D eigenvalue weighted by Gasteiger charge is -2.07. The Morgan fingerprint density at radius 3 is 2.81 bits per heavy atom. The molecule has 1 aromatic carbocycles. The molecule has 2 nitrogen and oxygen atoms in total. The Balaban J connectivity index is 2.05. The molecule has 0 amide bonds. The van der Waals surface area contributed by atoms with E-state index in [0.717, 1.165) is 43.3 Å². The summed E-state index contributed by atoms with van der Waals surface area (Å²) in [5.41, 5.74) is 1.14. The van der Waals surface area contributed by atoms with E-state index in [1.807, 2.05) is 24.3 Å². The van der Waals surface area contributed by atoms with Crippen LogP contribution in [0.1, 0.15) is 25.3 Å². The maximum atomic E-state index is 6.03. The van der Waals surface area contributed by atoms with Gasteiger partial charge in [0.05, 0.1) is 6.61 Å². The Morgan fingerprint density at radius 2 is 2.06 bits per heavy atom. The molecular weight excluding hydrogens is 222 g/mol. The first kappa shape index (κ1) is 13.5. The van der Waals surface area contributed by atoms with Gasteiger partial charge in [-0.3, -0.25) is 0 Å². The third kappa shape index (κ3) is 5.50. The Bertz CT molecular complexity index is 291. The summed E-state index contributed by atoms with van der Waals surface area (Å²) in [6.45, 7) is 5.47. The first-order chi connectivity index (χ1) is 7.84. The molecule has 16 heavy (non-hydrogen) atoms. The van der Waals surface area contributed by atoms with Crippen molar-refractivity contribution >= 4 is 11.6 Å². The Morgan fingerprint density at radius 1 is 1.25 bits per heavy atom. The second kappa shape index (κ2) is 8.57. The first-order valence-electron chi connectivity index (χ1n) is 5.86. The van der Waals surface area contributed by atoms with Crippen molar-refractivity contribution in [2.75, 3.05) is 19.8 Å². The van der Waals surface area contributed by atoms with Gasteiger partial charge in [-0.25, -0.2) is 0 Å². The molecule has 0 heterocycles. The van der Waals surface area contributed by atoms with Gasteiger partial charge < -0.3 is 10.1 Å². The molecule has 0 atom stereocenters. The van der Waals surface area contributed by atoms with Crippen molar-refractivity contribution in [2.45, 2.75) is 26.3 Å². The van der Waals surface area contributed by atoms with Gasteiger partial charge in [0.15, 0.2) is 0 Å². The van der Waals surface area contributed by atoms with Gasteiger partial charge in [0.25, 0.3) is 0 Å². The van der Waals surface area contributed by atoms with Crippen LogP contribution in [0.4, 0.5) is 0 Å². The number of rotatable bonds is 8. The van der Waals surface area contributed by atoms with Crippen molar-refractivity contribution in [1.29, 1.82) is 0 Å². The minimum absolute atomic E-state index is 0.768. The number of halogens is 1. The van der Waals surface area contributed by atoms with E-state index < -0.39 is 0 Å². The molecular formula is C13H20ClNO. The second-order valence-corrected chi connectivity index (χ2v) is 4.14. The number of hydrogen-bond acceptors (Lipinski definition) is 2. The van der Waals surface area contributed by atoms with Crippen molar-refractivity contribution in [3.8, 4) is 0 Å². The van der Waals surface area contributed by atoms with Crippen LogP contribution in [0.3, 0.4) is 0 Å². The SMILES string of the molecule is CCCCOCCNCc1ccccc1Cl. The minimum atomic E-state index is 0.768. The van der Waals surface area contributed by atoms with E-state index in [2.05, 4.69) is 12.2 Å². The fourth-order valence-corrected chi connectivity index (χ4v) is 1.56. The van der Waals surface area contributed by atoms with Gasteiger partial charge in [0.1, 0.15) is 0 Å². The molecule has 0 saturated heterocycles. The molecule has 0 radical (unpaired) electrons. The highest BCUT2D eigenvalue weighted by Crippen LogP contribution is 2.13. The van der Waals surface area contributed by atoms with Crippen LogP contribution in [-0.2, 0) is 11.3 Å². The zero-order valence-corrected chi connectivity index (χ0v) is 10.6. The van der Waals surface area contributed by atoms with Gasteiger partial charge in [0.2, 0.25) is 0 Å². The van der Waals surface area contributed by atoms with Crippen LogP contribution in [0.5, 0.6) is 0 Å². The maximum Gasteiger partial charge on any atom is 0.0591 e. The van der Waals surface area contributed by atoms with Gasteiger partial charge in [-0.2, -0.15) is 0 Å². The molecule has 0 aromatic heterocycles. The average molecular weight is 242 g/mol. The topological polar surface area (TPSA) is 21.3 Å². The maximum absolute atomic E-state index is 6.03. The summed E-state index contributed by atoms with van der Waals surface area (Å²) in [4.78, 5) is 0. The Hall–Kier alpha value is -0.570. The summed E-state index contributed by atoms with van der Waals surface area (Å²) in [6.07, 6.45) is 2.33. The monoisotopic (exact) mass is 241 g/mol. The zero-order chi connectivity index (χ0) is 11.6. The van der Waals surface area contributed by atoms with Gasteiger partial charge >= 0.3 is 0 Å². The van der Waals surface area contributed by atoms with E-state index in [-0.39, 0.29) is 0 Å². The lowest BCUT2D eigenvalue weighted by Crippen LogP contribution is -2.19. The molecule has 0 aliphatic carbocycles. The summed E-state index contributed by atoms with van der Waals surface area (Å²) in [7, 11) is 0. The number of ether oxygens (including phenoxy) is 1. The van der Waals surface area contributed by atoms with Crippen molar-refractivity contribution in [1.82, 2.24) is 5.32 Å². The highest BCUT2D eigenvalue weighted by atomic mass is 35.5. The van der Waals surface area contributed by atoms with Crippen LogP contribution in [0.15, 0.2) is 24.3 Å². The molecule has 1 rings (SSSR count). The number of benzene rings is 1. The van der Waals surface area contributed by atoms with E-state index in [1.54, 1.807) is 0 Å². The fourth-order valence-electron chi connectivity index (χ4n) is 1.36. The third-order valence-electron chi connectivity index (χ3n) is 2.34. The molecule has 0 saturated carbocycles. The zero-order valence-electron chi connectivity index (χ0n) is 9.84. The Kier molecular flexibility index (Phi) is 7.23. The number of unbranched alkanes of at least 4 members (excludes halogenated alkanes) is 1. The van der Waals surface area contributed by atoms with E-state index in [9.17, 15) is 0 Å². The van der Waals surface area contributed by atoms with Crippen molar-refractivity contribution < 1.29 is 4.74 Å². The molecule has 0 spiro atoms. The highest BCUT2D eigenvalue weighted by molar-refractivity contribution is 6.31. The van der Waals surface area contributed by atoms with E-state index >= 15 is 0 Å². The molecule has 1 N–H and O–H groups in total. The van der Waals surface area contributed by atoms with Crippen molar-refractivity contribution in [3.05, 3.63) is 34.9 Å². The summed E-state index contributed by atoms with van der Waals surface area (Å²) < 4.78 is 5.45. The van der Waals surface area contributed by atoms with Gasteiger partial charge in [-0.1, -0.05) is 43.1 Å². The molecule has 90 valence electrons. The van der Waals surface area contributed by atoms with E-state index in [0.29, 0.717) is 0 Å². The van der Waals surface area contributed by atoms with E-state index in [1.165, 1.54) is 6.42 Å². The number of nitrogens with one attached hydrogen (secondary N) is 1. The summed E-state index contributed by atoms with van der Waals surface area (Å²) >= 11 is 6.03. The van der Waals surface area contributed by atoms with Crippen LogP contribution >= 0.6 is 11.6 Å². The molecule has 0 aliphatic heterocycles. The van der Waals surface area contributed by atoms with Gasteiger partial charge in [0, 0.05) is 24.7 Å². The van der Waals surface area contributed by atoms with Crippen molar-refractivity contribution in [3.63, 3.8) is 0 Å². The third-order valence-corrected chi connectivity index (χ3v) is 2.71. The summed E-state index contributed by atoms with van der Waals surface area (Å²) in [6, 6.07) is 7.89. The lowest BCUT2D eigenvalue weighted by molar-refractivity contribution is 0.133. The highest BCUT2D eigenvalue weighted by Gasteiger charge is 1.97. The predicted molar refractivity (Wildman–Crippen MR) is 68.9 cm³/mol. The van der Waals surface area contributed by atoms with Crippen LogP contribution < -0.4 is 5.32 Å². The Labute approximate surface area is 103 Å². The average Bonchev–Trinajstić information content (AvgIpc) is 2.30. The lowest BCUT2D eigenvalue weighted by atomic mass is 10.2. The summed E-state index contributed by atoms with van der Waals surface area (Å²) in [5.74, 6) is 0. The van der Waals surface area contributed by atoms with Gasteiger partial charge in [-0.15, -0.1) is 0 Å². The normalized spacial score (nSPS) is 10.6. The van der Waals surface area contributed by atoms with Crippen LogP contribution in [0.25, 0.3) is 0 Å². The van der Waals surface area contributed by atoms with E-state index in [4.69, 9.17) is 16.3 Å². The predicted octanol–water partition coefficient (Wildman–Crippen LogP) is 3.25. The molecule has 0 unspecified atom stereocenters. The smallest absolute Gasteiger partial charge is 0.0591 e. The van der Waals surface area contributed by atoms with Crippen molar-refractivity contribution in [2.24, 2.45) is 0 Å². The van der Waals surface area contributed by atoms with Crippen LogP contribution in [0, 0.1) is 0 Å². The van der Waals surface area contributed by atoms with Crippen LogP contribution in [-0.4, -0.2) is 19.8 Å². The number of hydrogen-bond donors (Lipinski definition) is 1. The quantitative estimate of drug-likeness (QED) is 0.706. The molecule has 1 aromatic rings. The minimum Gasteiger partial charge on any atom is -0.380 e. The molecule has 0 aliphatic rings. The second-order valence-electron chi connectivity index (χ2n) is 3.73. The fraction of sp³-hybridized carbons (Fsp3) is 0.538. The summed E-state index contributed by atoms with van der Waals surface area (Å²) in [5, 5.41) is 4.13. The molecule has 0 fully saturated rings. The molecule has 3 heteroatoms. The standard InChI is InChI=1S/C13H20ClNO/c1-2-3-9-16-10-8-15-11-12-6-4-5-7-13(12)14/h4-7,15H,2-3,8-11H2,1H3. The van der Waals surface area contributed by atoms with Gasteiger partial charge in [-0.05, 0) is 18.1 Å². The first-order valence-corrected chi connectivity index (χ1v) is 6.24. The largest absolute Gasteiger partial charge is 0.380 e. The van der Waals surface area contributed by atoms with Crippen LogP contribution in [0.2, 0.25) is 5.02 Å². The molecule has 0 bridgehead atoms.